The van der Waals surface area contributed by atoms with Gasteiger partial charge in [0.05, 0.1) is 0 Å². The zero-order chi connectivity index (χ0) is 15.8. The van der Waals surface area contributed by atoms with E-state index in [1.807, 2.05) is 45.0 Å². The first-order chi connectivity index (χ1) is 9.59. The Morgan fingerprint density at radius 1 is 1.19 bits per heavy atom. The van der Waals surface area contributed by atoms with Crippen molar-refractivity contribution in [1.82, 2.24) is 0 Å². The molecule has 1 aromatic carbocycles. The number of rotatable bonds is 1. The van der Waals surface area contributed by atoms with Gasteiger partial charge in [0, 0.05) is 0 Å². The van der Waals surface area contributed by atoms with Crippen LogP contribution in [0.1, 0.15) is 20.8 Å². The van der Waals surface area contributed by atoms with Crippen molar-refractivity contribution in [3.05, 3.63) is 34.2 Å². The monoisotopic (exact) mass is 397 g/mol. The second-order valence-corrected chi connectivity index (χ2v) is 21.5. The molecule has 0 saturated heterocycles. The van der Waals surface area contributed by atoms with Gasteiger partial charge in [0.15, 0.2) is 0 Å². The fourth-order valence-corrected chi connectivity index (χ4v) is 5.76. The van der Waals surface area contributed by atoms with E-state index in [-0.39, 0.29) is 6.09 Å². The fraction of sp³-hybridized carbons (Fsp3) is 0.438. The van der Waals surface area contributed by atoms with E-state index in [4.69, 9.17) is 9.47 Å². The predicted molar refractivity (Wildman–Crippen MR) is 87.2 cm³/mol. The number of ether oxygens (including phenoxy) is 2. The van der Waals surface area contributed by atoms with Crippen LogP contribution in [0, 0.1) is 0 Å². The van der Waals surface area contributed by atoms with Crippen molar-refractivity contribution in [2.75, 3.05) is 4.90 Å². The normalized spacial score (nSPS) is 15.0. The molecule has 0 fully saturated rings. The summed E-state index contributed by atoms with van der Waals surface area (Å²) in [5.41, 5.74) is 0.235. The molecule has 1 aliphatic rings. The molecule has 0 aromatic heterocycles. The summed E-state index contributed by atoms with van der Waals surface area (Å²) in [4.78, 5) is 21.1. The van der Waals surface area contributed by atoms with E-state index in [1.54, 1.807) is 11.2 Å². The number of amides is 1. The molecule has 0 atom stereocenters. The van der Waals surface area contributed by atoms with Crippen LogP contribution in [0.5, 0.6) is 5.75 Å². The molecule has 1 amide bonds. The molecule has 0 N–H and O–H groups in total. The van der Waals surface area contributed by atoms with Gasteiger partial charge in [-0.15, -0.1) is 0 Å². The van der Waals surface area contributed by atoms with Crippen molar-refractivity contribution in [3.8, 4) is 5.75 Å². The molecule has 1 heterocycles. The SMILES string of the molecule is CC(C)(C)OC(=O)N1[C]([Sn]([CH3])([CH3])[CH3])=COc2ccccc21. The standard InChI is InChI=1S/C13H14NO3.3CH3.Sn/c1-13(2,3)17-12(15)14-8-9-16-11-7-5-4-6-10(11)14;;;;/h4-7,9H,1-3H3;3*1H3;. The van der Waals surface area contributed by atoms with E-state index in [9.17, 15) is 4.79 Å². The number of hydrogen-bond acceptors (Lipinski definition) is 3. The van der Waals surface area contributed by atoms with Crippen LogP contribution in [-0.2, 0) is 4.74 Å². The summed E-state index contributed by atoms with van der Waals surface area (Å²) in [5.74, 6) is 0.683. The van der Waals surface area contributed by atoms with Gasteiger partial charge in [-0.3, -0.25) is 0 Å². The van der Waals surface area contributed by atoms with Crippen molar-refractivity contribution < 1.29 is 14.3 Å². The third-order valence-electron chi connectivity index (χ3n) is 2.99. The Bertz CT molecular complexity index is 582. The number of fused-ring (bicyclic) bond motifs is 1. The Balaban J connectivity index is 2.46. The minimum absolute atomic E-state index is 0.337. The third kappa shape index (κ3) is 3.73. The second-order valence-electron chi connectivity index (χ2n) is 7.15. The van der Waals surface area contributed by atoms with Gasteiger partial charge in [0.1, 0.15) is 0 Å². The molecule has 1 aliphatic heterocycles. The minimum atomic E-state index is -2.54. The number of para-hydroxylation sites is 2. The van der Waals surface area contributed by atoms with Gasteiger partial charge in [0.2, 0.25) is 0 Å². The average Bonchev–Trinajstić information content (AvgIpc) is 2.34. The predicted octanol–water partition coefficient (Wildman–Crippen LogP) is 4.54. The summed E-state index contributed by atoms with van der Waals surface area (Å²) in [6.45, 7) is 5.63. The van der Waals surface area contributed by atoms with Crippen molar-refractivity contribution in [1.29, 1.82) is 0 Å². The molecule has 0 aliphatic carbocycles. The van der Waals surface area contributed by atoms with Gasteiger partial charge in [-0.05, 0) is 0 Å². The second kappa shape index (κ2) is 5.55. The average molecular weight is 396 g/mol. The zero-order valence-electron chi connectivity index (χ0n) is 13.6. The van der Waals surface area contributed by atoms with Crippen LogP contribution in [0.15, 0.2) is 34.2 Å². The van der Waals surface area contributed by atoms with Gasteiger partial charge in [-0.1, -0.05) is 0 Å². The molecule has 0 bridgehead atoms. The van der Waals surface area contributed by atoms with Crippen LogP contribution in [0.25, 0.3) is 0 Å². The molecule has 114 valence electrons. The molecular formula is C16H23NO3Sn. The first-order valence-corrected chi connectivity index (χ1v) is 17.1. The summed E-state index contributed by atoms with van der Waals surface area (Å²) in [7, 11) is 0. The Hall–Kier alpha value is -1.17. The van der Waals surface area contributed by atoms with Crippen molar-refractivity contribution in [2.24, 2.45) is 0 Å². The van der Waals surface area contributed by atoms with Crippen LogP contribution in [0.3, 0.4) is 0 Å². The zero-order valence-corrected chi connectivity index (χ0v) is 16.4. The molecule has 1 aromatic rings. The molecule has 4 nitrogen and oxygen atoms in total. The van der Waals surface area contributed by atoms with Gasteiger partial charge >= 0.3 is 131 Å². The van der Waals surface area contributed by atoms with E-state index < -0.39 is 24.0 Å². The first-order valence-electron chi connectivity index (χ1n) is 7.09. The number of nitrogens with zero attached hydrogens (tertiary/aromatic N) is 1. The van der Waals surface area contributed by atoms with Crippen molar-refractivity contribution in [3.63, 3.8) is 0 Å². The van der Waals surface area contributed by atoms with E-state index in [2.05, 4.69) is 14.8 Å². The third-order valence-corrected chi connectivity index (χ3v) is 8.35. The van der Waals surface area contributed by atoms with Crippen LogP contribution >= 0.6 is 0 Å². The summed E-state index contributed by atoms with van der Waals surface area (Å²) >= 11 is -2.54. The van der Waals surface area contributed by atoms with Crippen LogP contribution < -0.4 is 9.64 Å². The molecule has 21 heavy (non-hydrogen) atoms. The van der Waals surface area contributed by atoms with Gasteiger partial charge < -0.3 is 0 Å². The topological polar surface area (TPSA) is 38.8 Å². The molecular weight excluding hydrogens is 373 g/mol. The Kier molecular flexibility index (Phi) is 4.28. The van der Waals surface area contributed by atoms with Gasteiger partial charge in [-0.2, -0.15) is 0 Å². The first kappa shape index (κ1) is 16.2. The number of anilines is 1. The van der Waals surface area contributed by atoms with Crippen molar-refractivity contribution >= 4 is 30.2 Å². The van der Waals surface area contributed by atoms with Crippen LogP contribution in [-0.4, -0.2) is 30.1 Å². The fourth-order valence-electron chi connectivity index (χ4n) is 2.06. The Morgan fingerprint density at radius 3 is 2.38 bits per heavy atom. The molecule has 0 saturated carbocycles. The quantitative estimate of drug-likeness (QED) is 0.655. The summed E-state index contributed by atoms with van der Waals surface area (Å²) in [6.07, 6.45) is 1.39. The molecule has 5 heteroatoms. The Morgan fingerprint density at radius 2 is 1.81 bits per heavy atom. The van der Waals surface area contributed by atoms with E-state index in [1.165, 1.54) is 0 Å². The van der Waals surface area contributed by atoms with E-state index in [0.29, 0.717) is 5.75 Å². The number of benzene rings is 1. The van der Waals surface area contributed by atoms with Crippen molar-refractivity contribution in [2.45, 2.75) is 41.2 Å². The summed E-state index contributed by atoms with van der Waals surface area (Å²) < 4.78 is 12.3. The Labute approximate surface area is 130 Å². The van der Waals surface area contributed by atoms with E-state index in [0.717, 1.165) is 9.40 Å². The van der Waals surface area contributed by atoms with Gasteiger partial charge in [0.25, 0.3) is 0 Å². The maximum atomic E-state index is 12.7. The number of hydrogen-bond donors (Lipinski definition) is 0. The molecule has 0 unspecified atom stereocenters. The molecule has 0 radical (unpaired) electrons. The summed E-state index contributed by atoms with van der Waals surface area (Å²) in [6, 6.07) is 7.55. The number of carbonyl (C=O) groups excluding carboxylic acids is 1. The number of carbonyl (C=O) groups is 1. The molecule has 2 rings (SSSR count). The maximum absolute atomic E-state index is 12.7. The summed E-state index contributed by atoms with van der Waals surface area (Å²) in [5, 5.41) is 0. The van der Waals surface area contributed by atoms with Crippen LogP contribution in [0.2, 0.25) is 14.8 Å². The van der Waals surface area contributed by atoms with Crippen LogP contribution in [0.4, 0.5) is 10.5 Å². The van der Waals surface area contributed by atoms with E-state index >= 15 is 0 Å². The molecule has 0 spiro atoms. The van der Waals surface area contributed by atoms with Gasteiger partial charge in [-0.25, -0.2) is 0 Å².